The molecule has 124 valence electrons. The van der Waals surface area contributed by atoms with Gasteiger partial charge in [-0.15, -0.1) is 11.3 Å². The molecule has 2 heterocycles. The second kappa shape index (κ2) is 7.13. The van der Waals surface area contributed by atoms with E-state index in [-0.39, 0.29) is 0 Å². The first-order valence-electron chi connectivity index (χ1n) is 7.94. The number of hydrogen-bond donors (Lipinski definition) is 0. The Morgan fingerprint density at radius 2 is 1.70 bits per heavy atom. The monoisotopic (exact) mass is 350 g/mol. The van der Waals surface area contributed by atoms with Crippen molar-refractivity contribution >= 4 is 21.4 Å². The molecule has 6 heteroatoms. The number of sulfonamides is 1. The quantitative estimate of drug-likeness (QED) is 0.832. The summed E-state index contributed by atoms with van der Waals surface area (Å²) in [5.41, 5.74) is 1.27. The molecular formula is C17H22N2O2S2. The van der Waals surface area contributed by atoms with Gasteiger partial charge in [-0.1, -0.05) is 37.3 Å². The third-order valence-electron chi connectivity index (χ3n) is 4.16. The zero-order valence-corrected chi connectivity index (χ0v) is 14.9. The van der Waals surface area contributed by atoms with Gasteiger partial charge in [0.1, 0.15) is 4.21 Å². The van der Waals surface area contributed by atoms with E-state index in [0.717, 1.165) is 30.9 Å². The normalized spacial score (nSPS) is 17.4. The van der Waals surface area contributed by atoms with Gasteiger partial charge in [0.2, 0.25) is 0 Å². The van der Waals surface area contributed by atoms with Crippen molar-refractivity contribution in [2.45, 2.75) is 24.1 Å². The maximum atomic E-state index is 12.7. The average Bonchev–Trinajstić information content (AvgIpc) is 3.06. The fraction of sp³-hybridized carbons (Fsp3) is 0.412. The van der Waals surface area contributed by atoms with Crippen LogP contribution < -0.4 is 0 Å². The number of rotatable bonds is 5. The molecule has 1 fully saturated rings. The lowest BCUT2D eigenvalue weighted by Gasteiger charge is -2.33. The van der Waals surface area contributed by atoms with Crippen LogP contribution in [0.2, 0.25) is 0 Å². The van der Waals surface area contributed by atoms with Crippen LogP contribution >= 0.6 is 11.3 Å². The van der Waals surface area contributed by atoms with Crippen LogP contribution in [0.25, 0.3) is 0 Å². The van der Waals surface area contributed by atoms with Crippen molar-refractivity contribution in [3.05, 3.63) is 52.9 Å². The first kappa shape index (κ1) is 16.6. The topological polar surface area (TPSA) is 40.6 Å². The highest BCUT2D eigenvalue weighted by Gasteiger charge is 2.29. The molecule has 0 radical (unpaired) electrons. The standard InChI is InChI=1S/C17H22N2O2S2/c1-2-16-8-9-17(22-16)23(20,21)19-12-10-18(11-13-19)14-15-6-4-3-5-7-15/h3-9H,2,10-14H2,1H3. The maximum Gasteiger partial charge on any atom is 0.252 e. The summed E-state index contributed by atoms with van der Waals surface area (Å²) in [5, 5.41) is 0. The summed E-state index contributed by atoms with van der Waals surface area (Å²) in [6.45, 7) is 5.61. The molecule has 0 unspecified atom stereocenters. The van der Waals surface area contributed by atoms with E-state index in [4.69, 9.17) is 0 Å². The fourth-order valence-corrected chi connectivity index (χ4v) is 5.66. The van der Waals surface area contributed by atoms with Crippen molar-refractivity contribution in [2.24, 2.45) is 0 Å². The van der Waals surface area contributed by atoms with Gasteiger partial charge in [-0.3, -0.25) is 4.90 Å². The molecule has 0 spiro atoms. The summed E-state index contributed by atoms with van der Waals surface area (Å²) in [5.74, 6) is 0. The highest BCUT2D eigenvalue weighted by Crippen LogP contribution is 2.26. The van der Waals surface area contributed by atoms with E-state index < -0.39 is 10.0 Å². The van der Waals surface area contributed by atoms with Crippen molar-refractivity contribution < 1.29 is 8.42 Å². The van der Waals surface area contributed by atoms with Crippen LogP contribution in [0.5, 0.6) is 0 Å². The summed E-state index contributed by atoms with van der Waals surface area (Å²) in [7, 11) is -3.32. The largest absolute Gasteiger partial charge is 0.296 e. The van der Waals surface area contributed by atoms with E-state index in [9.17, 15) is 8.42 Å². The van der Waals surface area contributed by atoms with E-state index in [1.54, 1.807) is 10.4 Å². The lowest BCUT2D eigenvalue weighted by Crippen LogP contribution is -2.48. The zero-order valence-electron chi connectivity index (χ0n) is 13.3. The summed E-state index contributed by atoms with van der Waals surface area (Å²) in [6, 6.07) is 14.0. The predicted molar refractivity (Wildman–Crippen MR) is 94.2 cm³/mol. The molecule has 1 aromatic carbocycles. The van der Waals surface area contributed by atoms with Crippen molar-refractivity contribution in [1.82, 2.24) is 9.21 Å². The highest BCUT2D eigenvalue weighted by molar-refractivity contribution is 7.91. The molecule has 0 N–H and O–H groups in total. The van der Waals surface area contributed by atoms with Crippen LogP contribution in [-0.2, 0) is 23.0 Å². The van der Waals surface area contributed by atoms with Gasteiger partial charge in [0.05, 0.1) is 0 Å². The Bertz CT molecular complexity index is 733. The summed E-state index contributed by atoms with van der Waals surface area (Å²) in [4.78, 5) is 3.43. The van der Waals surface area contributed by atoms with Crippen molar-refractivity contribution in [2.75, 3.05) is 26.2 Å². The van der Waals surface area contributed by atoms with E-state index in [1.165, 1.54) is 16.9 Å². The lowest BCUT2D eigenvalue weighted by molar-refractivity contribution is 0.182. The molecule has 0 atom stereocenters. The summed E-state index contributed by atoms with van der Waals surface area (Å²) < 4.78 is 27.5. The Morgan fingerprint density at radius 1 is 1.00 bits per heavy atom. The second-order valence-electron chi connectivity index (χ2n) is 5.74. The first-order chi connectivity index (χ1) is 11.1. The van der Waals surface area contributed by atoms with E-state index in [1.807, 2.05) is 31.2 Å². The molecule has 1 aromatic heterocycles. The number of hydrogen-bond acceptors (Lipinski definition) is 4. The van der Waals surface area contributed by atoms with Crippen LogP contribution in [0.1, 0.15) is 17.4 Å². The molecule has 0 aliphatic carbocycles. The molecule has 2 aromatic rings. The number of thiophene rings is 1. The molecule has 23 heavy (non-hydrogen) atoms. The van der Waals surface area contributed by atoms with Gasteiger partial charge < -0.3 is 0 Å². The van der Waals surface area contributed by atoms with Gasteiger partial charge in [0, 0.05) is 37.6 Å². The molecule has 0 amide bonds. The SMILES string of the molecule is CCc1ccc(S(=O)(=O)N2CCN(Cc3ccccc3)CC2)s1. The van der Waals surface area contributed by atoms with Crippen LogP contribution in [0, 0.1) is 0 Å². The first-order valence-corrected chi connectivity index (χ1v) is 10.2. The lowest BCUT2D eigenvalue weighted by atomic mass is 10.2. The average molecular weight is 351 g/mol. The minimum absolute atomic E-state index is 0.478. The van der Waals surface area contributed by atoms with E-state index in [0.29, 0.717) is 17.3 Å². The van der Waals surface area contributed by atoms with Crippen molar-refractivity contribution in [3.8, 4) is 0 Å². The molecule has 4 nitrogen and oxygen atoms in total. The maximum absolute atomic E-state index is 12.7. The van der Waals surface area contributed by atoms with Gasteiger partial charge in [-0.05, 0) is 24.1 Å². The summed E-state index contributed by atoms with van der Waals surface area (Å²) in [6.07, 6.45) is 0.880. The van der Waals surface area contributed by atoms with E-state index in [2.05, 4.69) is 17.0 Å². The highest BCUT2D eigenvalue weighted by atomic mass is 32.2. The zero-order chi connectivity index (χ0) is 16.3. The van der Waals surface area contributed by atoms with Crippen LogP contribution in [-0.4, -0.2) is 43.8 Å². The predicted octanol–water partition coefficient (Wildman–Crippen LogP) is 2.82. The minimum Gasteiger partial charge on any atom is -0.296 e. The molecule has 1 saturated heterocycles. The van der Waals surface area contributed by atoms with Crippen LogP contribution in [0.4, 0.5) is 0 Å². The minimum atomic E-state index is -3.32. The van der Waals surface area contributed by atoms with Gasteiger partial charge in [-0.25, -0.2) is 8.42 Å². The molecular weight excluding hydrogens is 328 g/mol. The Balaban J connectivity index is 1.62. The molecule has 1 aliphatic rings. The number of nitrogens with zero attached hydrogens (tertiary/aromatic N) is 2. The van der Waals surface area contributed by atoms with Gasteiger partial charge in [-0.2, -0.15) is 4.31 Å². The van der Waals surface area contributed by atoms with Gasteiger partial charge in [0.25, 0.3) is 10.0 Å². The van der Waals surface area contributed by atoms with Crippen molar-refractivity contribution in [3.63, 3.8) is 0 Å². The van der Waals surface area contributed by atoms with Gasteiger partial charge in [0.15, 0.2) is 0 Å². The van der Waals surface area contributed by atoms with Crippen LogP contribution in [0.15, 0.2) is 46.7 Å². The number of aryl methyl sites for hydroxylation is 1. The number of piperazine rings is 1. The number of benzene rings is 1. The molecule has 0 saturated carbocycles. The van der Waals surface area contributed by atoms with Crippen LogP contribution in [0.3, 0.4) is 0 Å². The Hall–Kier alpha value is -1.21. The molecule has 3 rings (SSSR count). The molecule has 0 bridgehead atoms. The Kier molecular flexibility index (Phi) is 5.16. The summed E-state index contributed by atoms with van der Waals surface area (Å²) >= 11 is 1.39. The Labute approximate surface area is 142 Å². The smallest absolute Gasteiger partial charge is 0.252 e. The fourth-order valence-electron chi connectivity index (χ4n) is 2.78. The van der Waals surface area contributed by atoms with E-state index >= 15 is 0 Å². The van der Waals surface area contributed by atoms with Gasteiger partial charge >= 0.3 is 0 Å². The second-order valence-corrected chi connectivity index (χ2v) is 9.07. The third kappa shape index (κ3) is 3.83. The molecule has 1 aliphatic heterocycles. The Morgan fingerprint density at radius 3 is 2.30 bits per heavy atom. The van der Waals surface area contributed by atoms with Crippen molar-refractivity contribution in [1.29, 1.82) is 0 Å². The third-order valence-corrected chi connectivity index (χ3v) is 7.76.